The summed E-state index contributed by atoms with van der Waals surface area (Å²) in [5.74, 6) is 0.964. The SMILES string of the molecule is CC(C)(C)c1ccc(CN2c3cc(C(C)(C)C)cc4c3B(c3c2oc2cc5c(cc32)C(C)(C)CCC5(C)C)N(c2ccc3c(c2)C(C)(C)CCC3(C)C)c2cc(C(C)(C)C)ccc2-4)c(-c2ccccc2)c1. The van der Waals surface area contributed by atoms with Crippen LogP contribution in [0, 0.1) is 0 Å². The lowest BCUT2D eigenvalue weighted by Gasteiger charge is -2.46. The third-order valence-electron chi connectivity index (χ3n) is 18.0. The van der Waals surface area contributed by atoms with E-state index in [1.807, 2.05) is 0 Å². The van der Waals surface area contributed by atoms with Gasteiger partial charge in [0.05, 0.1) is 6.54 Å². The molecule has 2 aliphatic carbocycles. The van der Waals surface area contributed by atoms with E-state index in [2.05, 4.69) is 237 Å². The van der Waals surface area contributed by atoms with Crippen molar-refractivity contribution in [3.05, 3.63) is 154 Å². The Labute approximate surface area is 427 Å². The van der Waals surface area contributed by atoms with Crippen LogP contribution in [0.3, 0.4) is 0 Å². The second-order valence-electron chi connectivity index (χ2n) is 28.0. The zero-order valence-corrected chi connectivity index (χ0v) is 46.3. The number of nitrogens with zero attached hydrogens (tertiary/aromatic N) is 2. The third-order valence-corrected chi connectivity index (χ3v) is 18.0. The lowest BCUT2D eigenvalue weighted by atomic mass is 9.43. The Morgan fingerprint density at radius 2 is 1.01 bits per heavy atom. The average molecular weight is 939 g/mol. The molecule has 6 aromatic carbocycles. The Hall–Kier alpha value is -5.48. The van der Waals surface area contributed by atoms with Crippen molar-refractivity contribution in [2.24, 2.45) is 0 Å². The summed E-state index contributed by atoms with van der Waals surface area (Å²) in [5, 5.41) is 1.24. The van der Waals surface area contributed by atoms with Gasteiger partial charge in [0, 0.05) is 33.5 Å². The minimum atomic E-state index is -0.156. The highest BCUT2D eigenvalue weighted by Gasteiger charge is 2.50. The molecule has 0 fully saturated rings. The van der Waals surface area contributed by atoms with E-state index in [1.54, 1.807) is 0 Å². The fourth-order valence-electron chi connectivity index (χ4n) is 12.9. The van der Waals surface area contributed by atoms with Crippen LogP contribution in [0.1, 0.15) is 188 Å². The Balaban J connectivity index is 1.27. The topological polar surface area (TPSA) is 19.6 Å². The summed E-state index contributed by atoms with van der Waals surface area (Å²) in [6, 6.07) is 43.4. The molecule has 4 aliphatic rings. The van der Waals surface area contributed by atoms with Crippen LogP contribution in [0.15, 0.2) is 114 Å². The summed E-state index contributed by atoms with van der Waals surface area (Å²) >= 11 is 0. The van der Waals surface area contributed by atoms with Gasteiger partial charge in [0.1, 0.15) is 5.58 Å². The second-order valence-corrected chi connectivity index (χ2v) is 28.0. The molecule has 0 atom stereocenters. The summed E-state index contributed by atoms with van der Waals surface area (Å²) in [6.45, 7) is 41.3. The van der Waals surface area contributed by atoms with Crippen LogP contribution >= 0.6 is 0 Å². The van der Waals surface area contributed by atoms with Crippen LogP contribution in [0.2, 0.25) is 0 Å². The number of benzene rings is 6. The van der Waals surface area contributed by atoms with Gasteiger partial charge in [-0.05, 0) is 167 Å². The summed E-state index contributed by atoms with van der Waals surface area (Å²) in [6.07, 6.45) is 4.65. The molecule has 0 unspecified atom stereocenters. The first-order valence-electron chi connectivity index (χ1n) is 26.9. The van der Waals surface area contributed by atoms with Gasteiger partial charge in [-0.25, -0.2) is 0 Å². The maximum atomic E-state index is 7.71. The molecule has 0 bridgehead atoms. The standard InChI is InChI=1S/C67H79BN2O/c1-61(2,3)43-24-23-42(48(33-43)41-21-19-18-20-22-41)40-69-56-36-45(63(7,8)9)34-49-47-27-25-44(62(4,5)6)35-55(47)70(46-26-28-51-52(37-46)65(12,13)30-29-64(51,10)11)68(58(49)56)59-50-38-53-54(39-57(50)71-60(59)69)67(16,17)32-31-66(53,14)15/h18-28,33-39H,29-32,40H2,1-17H3. The Kier molecular flexibility index (Phi) is 10.5. The number of hydrogen-bond donors (Lipinski definition) is 0. The van der Waals surface area contributed by atoms with Gasteiger partial charge in [-0.2, -0.15) is 0 Å². The third kappa shape index (κ3) is 7.66. The van der Waals surface area contributed by atoms with Crippen molar-refractivity contribution < 1.29 is 4.42 Å². The van der Waals surface area contributed by atoms with Gasteiger partial charge in [0.25, 0.3) is 0 Å². The molecule has 3 nitrogen and oxygen atoms in total. The Bertz CT molecular complexity index is 3300. The van der Waals surface area contributed by atoms with Crippen LogP contribution in [0.4, 0.5) is 22.9 Å². The van der Waals surface area contributed by atoms with E-state index in [4.69, 9.17) is 4.42 Å². The Morgan fingerprint density at radius 3 is 1.63 bits per heavy atom. The quantitative estimate of drug-likeness (QED) is 0.164. The van der Waals surface area contributed by atoms with Crippen molar-refractivity contribution in [2.45, 2.75) is 188 Å². The van der Waals surface area contributed by atoms with Crippen molar-refractivity contribution in [1.82, 2.24) is 0 Å². The number of furan rings is 1. The molecule has 71 heavy (non-hydrogen) atoms. The highest BCUT2D eigenvalue weighted by molar-refractivity contribution is 6.95. The fourth-order valence-corrected chi connectivity index (χ4v) is 12.9. The van der Waals surface area contributed by atoms with E-state index in [0.717, 1.165) is 30.7 Å². The van der Waals surface area contributed by atoms with Crippen molar-refractivity contribution in [1.29, 1.82) is 0 Å². The molecule has 11 rings (SSSR count). The number of anilines is 4. The van der Waals surface area contributed by atoms with Crippen LogP contribution in [-0.2, 0) is 44.4 Å². The van der Waals surface area contributed by atoms with E-state index in [1.165, 1.54) is 107 Å². The number of hydrogen-bond acceptors (Lipinski definition) is 3. The van der Waals surface area contributed by atoms with E-state index >= 15 is 0 Å². The van der Waals surface area contributed by atoms with Crippen LogP contribution in [-0.4, -0.2) is 6.85 Å². The predicted octanol–water partition coefficient (Wildman–Crippen LogP) is 17.3. The van der Waals surface area contributed by atoms with Crippen molar-refractivity contribution in [3.63, 3.8) is 0 Å². The molecule has 366 valence electrons. The van der Waals surface area contributed by atoms with E-state index in [-0.39, 0.29) is 44.8 Å². The molecule has 0 amide bonds. The van der Waals surface area contributed by atoms with Gasteiger partial charge in [-0.1, -0.05) is 190 Å². The average Bonchev–Trinajstić information content (AvgIpc) is 3.68. The number of rotatable bonds is 4. The minimum Gasteiger partial charge on any atom is -0.441 e. The van der Waals surface area contributed by atoms with Gasteiger partial charge >= 0.3 is 6.85 Å². The predicted molar refractivity (Wildman–Crippen MR) is 306 cm³/mol. The van der Waals surface area contributed by atoms with Gasteiger partial charge < -0.3 is 14.1 Å². The van der Waals surface area contributed by atoms with Crippen molar-refractivity contribution in [2.75, 3.05) is 9.71 Å². The molecule has 3 heterocycles. The van der Waals surface area contributed by atoms with Crippen LogP contribution in [0.25, 0.3) is 33.2 Å². The van der Waals surface area contributed by atoms with Crippen molar-refractivity contribution >= 4 is 51.7 Å². The zero-order chi connectivity index (χ0) is 50.7. The summed E-state index contributed by atoms with van der Waals surface area (Å²) in [4.78, 5) is 5.36. The van der Waals surface area contributed by atoms with Gasteiger partial charge in [-0.15, -0.1) is 0 Å². The zero-order valence-electron chi connectivity index (χ0n) is 46.3. The van der Waals surface area contributed by atoms with Gasteiger partial charge in [0.15, 0.2) is 5.88 Å². The molecule has 0 saturated carbocycles. The first-order valence-corrected chi connectivity index (χ1v) is 26.9. The Morgan fingerprint density at radius 1 is 0.479 bits per heavy atom. The maximum absolute atomic E-state index is 7.71. The molecule has 0 saturated heterocycles. The lowest BCUT2D eigenvalue weighted by molar-refractivity contribution is 0.332. The maximum Gasteiger partial charge on any atom is 0.337 e. The smallest absolute Gasteiger partial charge is 0.337 e. The van der Waals surface area contributed by atoms with Crippen LogP contribution < -0.4 is 20.6 Å². The first kappa shape index (κ1) is 47.8. The summed E-state index contributed by atoms with van der Waals surface area (Å²) in [5.41, 5.74) is 23.7. The lowest BCUT2D eigenvalue weighted by Crippen LogP contribution is -2.62. The second kappa shape index (κ2) is 15.5. The van der Waals surface area contributed by atoms with Crippen molar-refractivity contribution in [3.8, 4) is 22.3 Å². The molecule has 2 aliphatic heterocycles. The molecular weight excluding hydrogens is 860 g/mol. The minimum absolute atomic E-state index is 0.00154. The molecule has 4 heteroatoms. The normalized spacial score (nSPS) is 18.4. The molecular formula is C67H79BN2O. The molecule has 0 spiro atoms. The van der Waals surface area contributed by atoms with E-state index in [0.29, 0.717) is 6.54 Å². The first-order chi connectivity index (χ1) is 33.0. The van der Waals surface area contributed by atoms with E-state index < -0.39 is 0 Å². The monoisotopic (exact) mass is 939 g/mol. The molecule has 0 N–H and O–H groups in total. The van der Waals surface area contributed by atoms with Gasteiger partial charge in [0.2, 0.25) is 0 Å². The molecule has 0 radical (unpaired) electrons. The van der Waals surface area contributed by atoms with Crippen LogP contribution in [0.5, 0.6) is 0 Å². The molecule has 7 aromatic rings. The molecule has 1 aromatic heterocycles. The number of fused-ring (bicyclic) bond motifs is 8. The summed E-state index contributed by atoms with van der Waals surface area (Å²) < 4.78 is 7.71. The largest absolute Gasteiger partial charge is 0.441 e. The highest BCUT2D eigenvalue weighted by Crippen LogP contribution is 2.54. The van der Waals surface area contributed by atoms with E-state index in [9.17, 15) is 0 Å². The summed E-state index contributed by atoms with van der Waals surface area (Å²) in [7, 11) is 0. The van der Waals surface area contributed by atoms with Gasteiger partial charge in [-0.3, -0.25) is 0 Å². The highest BCUT2D eigenvalue weighted by atomic mass is 16.4. The fraction of sp³-hybridized carbons (Fsp3) is 0.433.